The van der Waals surface area contributed by atoms with E-state index in [1.54, 1.807) is 15.9 Å². The SMILES string of the molecule is Clc1cccc(-c2nnc3sc(Cc4ccccc4)nn23)c1. The zero-order chi connectivity index (χ0) is 14.9. The molecule has 0 saturated heterocycles. The number of hydrogen-bond donors (Lipinski definition) is 0. The van der Waals surface area contributed by atoms with E-state index in [4.69, 9.17) is 11.6 Å². The van der Waals surface area contributed by atoms with Gasteiger partial charge in [0, 0.05) is 17.0 Å². The van der Waals surface area contributed by atoms with Gasteiger partial charge in [0.05, 0.1) is 0 Å². The normalized spacial score (nSPS) is 11.1. The van der Waals surface area contributed by atoms with Crippen LogP contribution in [-0.2, 0) is 6.42 Å². The number of nitrogens with zero attached hydrogens (tertiary/aromatic N) is 4. The maximum Gasteiger partial charge on any atom is 0.234 e. The van der Waals surface area contributed by atoms with Gasteiger partial charge in [0.2, 0.25) is 4.96 Å². The molecule has 0 saturated carbocycles. The van der Waals surface area contributed by atoms with Gasteiger partial charge in [-0.1, -0.05) is 65.4 Å². The van der Waals surface area contributed by atoms with E-state index in [1.807, 2.05) is 42.5 Å². The standard InChI is InChI=1S/C16H11ClN4S/c17-13-8-4-7-12(10-13)15-18-19-16-21(15)20-14(22-16)9-11-5-2-1-3-6-11/h1-8,10H,9H2. The summed E-state index contributed by atoms with van der Waals surface area (Å²) >= 11 is 7.61. The first-order valence-electron chi connectivity index (χ1n) is 6.80. The Hall–Kier alpha value is -2.24. The second-order valence-corrected chi connectivity index (χ2v) is 6.36. The van der Waals surface area contributed by atoms with Crippen LogP contribution in [0.1, 0.15) is 10.6 Å². The Morgan fingerprint density at radius 3 is 2.68 bits per heavy atom. The van der Waals surface area contributed by atoms with Crippen LogP contribution in [0, 0.1) is 0 Å². The summed E-state index contributed by atoms with van der Waals surface area (Å²) in [7, 11) is 0. The van der Waals surface area contributed by atoms with Crippen LogP contribution in [0.3, 0.4) is 0 Å². The summed E-state index contributed by atoms with van der Waals surface area (Å²) in [5.41, 5.74) is 2.15. The first kappa shape index (κ1) is 13.4. The molecular formula is C16H11ClN4S. The molecule has 0 aliphatic carbocycles. The van der Waals surface area contributed by atoms with Crippen molar-refractivity contribution in [2.45, 2.75) is 6.42 Å². The number of fused-ring (bicyclic) bond motifs is 1. The van der Waals surface area contributed by atoms with Gasteiger partial charge < -0.3 is 0 Å². The van der Waals surface area contributed by atoms with E-state index >= 15 is 0 Å². The maximum absolute atomic E-state index is 6.05. The van der Waals surface area contributed by atoms with Crippen molar-refractivity contribution in [1.82, 2.24) is 19.8 Å². The summed E-state index contributed by atoms with van der Waals surface area (Å²) in [5.74, 6) is 0.716. The number of halogens is 1. The van der Waals surface area contributed by atoms with Crippen molar-refractivity contribution in [1.29, 1.82) is 0 Å². The highest BCUT2D eigenvalue weighted by Gasteiger charge is 2.13. The summed E-state index contributed by atoms with van der Waals surface area (Å²) in [6.07, 6.45) is 0.795. The number of benzene rings is 2. The Morgan fingerprint density at radius 2 is 1.86 bits per heavy atom. The van der Waals surface area contributed by atoms with Gasteiger partial charge in [-0.15, -0.1) is 10.2 Å². The first-order chi connectivity index (χ1) is 10.8. The van der Waals surface area contributed by atoms with Gasteiger partial charge in [-0.05, 0) is 17.7 Å². The lowest BCUT2D eigenvalue weighted by molar-refractivity contribution is 0.918. The van der Waals surface area contributed by atoms with E-state index < -0.39 is 0 Å². The van der Waals surface area contributed by atoms with Crippen LogP contribution in [0.15, 0.2) is 54.6 Å². The van der Waals surface area contributed by atoms with E-state index in [2.05, 4.69) is 27.4 Å². The first-order valence-corrected chi connectivity index (χ1v) is 8.00. The molecule has 0 atom stereocenters. The van der Waals surface area contributed by atoms with E-state index in [0.29, 0.717) is 10.8 Å². The number of aromatic nitrogens is 4. The molecule has 6 heteroatoms. The largest absolute Gasteiger partial charge is 0.234 e. The second kappa shape index (κ2) is 5.51. The van der Waals surface area contributed by atoms with Gasteiger partial charge in [-0.2, -0.15) is 9.61 Å². The lowest BCUT2D eigenvalue weighted by Crippen LogP contribution is -1.93. The summed E-state index contributed by atoms with van der Waals surface area (Å²) in [6, 6.07) is 17.8. The molecule has 0 radical (unpaired) electrons. The Kier molecular flexibility index (Phi) is 3.36. The minimum atomic E-state index is 0.675. The van der Waals surface area contributed by atoms with Crippen molar-refractivity contribution in [3.63, 3.8) is 0 Å². The van der Waals surface area contributed by atoms with Crippen molar-refractivity contribution in [2.75, 3.05) is 0 Å². The van der Waals surface area contributed by atoms with Crippen molar-refractivity contribution in [3.05, 3.63) is 70.2 Å². The monoisotopic (exact) mass is 326 g/mol. The third-order valence-corrected chi connectivity index (χ3v) is 4.45. The molecular weight excluding hydrogens is 316 g/mol. The molecule has 2 heterocycles. The fourth-order valence-electron chi connectivity index (χ4n) is 2.31. The quantitative estimate of drug-likeness (QED) is 0.569. The Labute approximate surface area is 136 Å². The lowest BCUT2D eigenvalue weighted by atomic mass is 10.2. The number of hydrogen-bond acceptors (Lipinski definition) is 4. The second-order valence-electron chi connectivity index (χ2n) is 4.89. The third kappa shape index (κ3) is 2.49. The summed E-state index contributed by atoms with van der Waals surface area (Å²) in [6.45, 7) is 0. The lowest BCUT2D eigenvalue weighted by Gasteiger charge is -1.98. The van der Waals surface area contributed by atoms with E-state index in [1.165, 1.54) is 5.56 Å². The molecule has 0 fully saturated rings. The van der Waals surface area contributed by atoms with Crippen LogP contribution in [0.5, 0.6) is 0 Å². The van der Waals surface area contributed by atoms with Crippen LogP contribution < -0.4 is 0 Å². The molecule has 2 aromatic heterocycles. The molecule has 2 aromatic carbocycles. The van der Waals surface area contributed by atoms with Crippen molar-refractivity contribution < 1.29 is 0 Å². The molecule has 4 rings (SSSR count). The fraction of sp³-hybridized carbons (Fsp3) is 0.0625. The molecule has 0 N–H and O–H groups in total. The molecule has 4 nitrogen and oxygen atoms in total. The van der Waals surface area contributed by atoms with Crippen LogP contribution in [0.25, 0.3) is 16.3 Å². The third-order valence-electron chi connectivity index (χ3n) is 3.31. The van der Waals surface area contributed by atoms with E-state index in [9.17, 15) is 0 Å². The highest BCUT2D eigenvalue weighted by molar-refractivity contribution is 7.16. The molecule has 0 aliphatic heterocycles. The molecule has 0 unspecified atom stereocenters. The molecule has 0 spiro atoms. The molecule has 0 amide bonds. The fourth-order valence-corrected chi connectivity index (χ4v) is 3.36. The predicted octanol–water partition coefficient (Wildman–Crippen LogP) is 4.10. The zero-order valence-electron chi connectivity index (χ0n) is 11.5. The summed E-state index contributed by atoms with van der Waals surface area (Å²) < 4.78 is 1.79. The van der Waals surface area contributed by atoms with Crippen LogP contribution in [0.4, 0.5) is 0 Å². The zero-order valence-corrected chi connectivity index (χ0v) is 13.1. The van der Waals surface area contributed by atoms with Gasteiger partial charge in [-0.3, -0.25) is 0 Å². The predicted molar refractivity (Wildman–Crippen MR) is 88.4 cm³/mol. The maximum atomic E-state index is 6.05. The summed E-state index contributed by atoms with van der Waals surface area (Å²) in [4.78, 5) is 0.793. The minimum Gasteiger partial charge on any atom is -0.183 e. The van der Waals surface area contributed by atoms with Gasteiger partial charge in [0.1, 0.15) is 5.01 Å². The van der Waals surface area contributed by atoms with E-state index in [-0.39, 0.29) is 0 Å². The molecule has 4 aromatic rings. The Morgan fingerprint density at radius 1 is 1.00 bits per heavy atom. The van der Waals surface area contributed by atoms with Crippen LogP contribution >= 0.6 is 22.9 Å². The number of rotatable bonds is 3. The highest BCUT2D eigenvalue weighted by Crippen LogP contribution is 2.24. The average Bonchev–Trinajstić information content (AvgIpc) is 3.08. The molecule has 22 heavy (non-hydrogen) atoms. The van der Waals surface area contributed by atoms with Gasteiger partial charge in [0.15, 0.2) is 5.82 Å². The van der Waals surface area contributed by atoms with Crippen molar-refractivity contribution in [2.24, 2.45) is 0 Å². The van der Waals surface area contributed by atoms with Crippen LogP contribution in [0.2, 0.25) is 5.02 Å². The Bertz CT molecular complexity index is 930. The molecule has 0 bridgehead atoms. The topological polar surface area (TPSA) is 43.1 Å². The van der Waals surface area contributed by atoms with Gasteiger partial charge >= 0.3 is 0 Å². The van der Waals surface area contributed by atoms with E-state index in [0.717, 1.165) is 22.0 Å². The highest BCUT2D eigenvalue weighted by atomic mass is 35.5. The van der Waals surface area contributed by atoms with Gasteiger partial charge in [-0.25, -0.2) is 0 Å². The minimum absolute atomic E-state index is 0.675. The molecule has 0 aliphatic rings. The van der Waals surface area contributed by atoms with Crippen molar-refractivity contribution >= 4 is 27.9 Å². The smallest absolute Gasteiger partial charge is 0.183 e. The summed E-state index contributed by atoms with van der Waals surface area (Å²) in [5, 5.41) is 14.8. The van der Waals surface area contributed by atoms with Crippen LogP contribution in [-0.4, -0.2) is 19.8 Å². The Balaban J connectivity index is 1.73. The molecule has 108 valence electrons. The van der Waals surface area contributed by atoms with Gasteiger partial charge in [0.25, 0.3) is 0 Å². The average molecular weight is 327 g/mol. The van der Waals surface area contributed by atoms with Crippen molar-refractivity contribution in [3.8, 4) is 11.4 Å².